The molecule has 3 amide bonds. The van der Waals surface area contributed by atoms with Gasteiger partial charge in [-0.3, -0.25) is 9.59 Å². The number of carbonyl (C=O) groups is 3. The van der Waals surface area contributed by atoms with Crippen LogP contribution in [0.3, 0.4) is 0 Å². The minimum absolute atomic E-state index is 0.0432. The van der Waals surface area contributed by atoms with E-state index in [1.54, 1.807) is 4.90 Å². The van der Waals surface area contributed by atoms with Gasteiger partial charge in [-0.25, -0.2) is 4.79 Å². The summed E-state index contributed by atoms with van der Waals surface area (Å²) in [6.07, 6.45) is 1.75. The molecule has 1 aliphatic rings. The maximum absolute atomic E-state index is 12.4. The molecule has 1 aliphatic heterocycles. The first kappa shape index (κ1) is 16.2. The number of carboxylic acids is 1. The zero-order valence-electron chi connectivity index (χ0n) is 11.9. The Kier molecular flexibility index (Phi) is 5.75. The molecule has 0 aromatic rings. The third-order valence-corrected chi connectivity index (χ3v) is 3.14. The number of aliphatic carboxylic acids is 1. The second-order valence-electron chi connectivity index (χ2n) is 5.25. The summed E-state index contributed by atoms with van der Waals surface area (Å²) >= 11 is 0. The van der Waals surface area contributed by atoms with Gasteiger partial charge in [0.05, 0.1) is 0 Å². The van der Waals surface area contributed by atoms with Gasteiger partial charge >= 0.3 is 12.0 Å². The Morgan fingerprint density at radius 1 is 1.30 bits per heavy atom. The number of likely N-dealkylation sites (tertiary alicyclic amines) is 1. The van der Waals surface area contributed by atoms with Crippen molar-refractivity contribution in [1.29, 1.82) is 0 Å². The number of likely N-dealkylation sites (N-methyl/N-ethyl adjacent to an activating group) is 1. The van der Waals surface area contributed by atoms with E-state index in [2.05, 4.69) is 0 Å². The normalized spacial score (nSPS) is 18.4. The van der Waals surface area contributed by atoms with E-state index in [-0.39, 0.29) is 12.6 Å². The monoisotopic (exact) mass is 286 g/mol. The number of hydrogen-bond donors (Lipinski definition) is 2. The Balaban J connectivity index is 2.76. The molecule has 1 atom stereocenters. The van der Waals surface area contributed by atoms with Gasteiger partial charge in [0.25, 0.3) is 0 Å². The Labute approximate surface area is 118 Å². The summed E-state index contributed by atoms with van der Waals surface area (Å²) in [5, 5.41) is 8.83. The van der Waals surface area contributed by atoms with Crippen LogP contribution in [0.1, 0.15) is 12.8 Å². The van der Waals surface area contributed by atoms with E-state index < -0.39 is 24.5 Å². The molecule has 8 nitrogen and oxygen atoms in total. The number of primary amides is 1. The number of nitrogens with two attached hydrogens (primary N) is 1. The highest BCUT2D eigenvalue weighted by molar-refractivity contribution is 5.86. The van der Waals surface area contributed by atoms with Crippen molar-refractivity contribution in [1.82, 2.24) is 14.7 Å². The molecular formula is C12H22N4O4. The first-order chi connectivity index (χ1) is 9.31. The Morgan fingerprint density at radius 2 is 1.95 bits per heavy atom. The van der Waals surface area contributed by atoms with Crippen LogP contribution in [-0.2, 0) is 9.59 Å². The number of amides is 3. The third kappa shape index (κ3) is 4.69. The molecule has 1 fully saturated rings. The fourth-order valence-corrected chi connectivity index (χ4v) is 2.42. The van der Waals surface area contributed by atoms with Gasteiger partial charge in [0.15, 0.2) is 0 Å². The molecule has 114 valence electrons. The van der Waals surface area contributed by atoms with Crippen LogP contribution in [0, 0.1) is 0 Å². The van der Waals surface area contributed by atoms with Gasteiger partial charge in [-0.05, 0) is 26.9 Å². The second-order valence-corrected chi connectivity index (χ2v) is 5.25. The lowest BCUT2D eigenvalue weighted by atomic mass is 10.2. The minimum Gasteiger partial charge on any atom is -0.480 e. The Hall–Kier alpha value is -1.83. The topological polar surface area (TPSA) is 107 Å². The van der Waals surface area contributed by atoms with Crippen molar-refractivity contribution in [2.75, 3.05) is 40.3 Å². The molecule has 0 aliphatic carbocycles. The van der Waals surface area contributed by atoms with Crippen LogP contribution in [0.4, 0.5) is 4.79 Å². The summed E-state index contributed by atoms with van der Waals surface area (Å²) in [5.41, 5.74) is 5.07. The first-order valence-corrected chi connectivity index (χ1v) is 6.51. The van der Waals surface area contributed by atoms with Crippen molar-refractivity contribution in [3.05, 3.63) is 0 Å². The van der Waals surface area contributed by atoms with Gasteiger partial charge in [0.1, 0.15) is 13.1 Å². The van der Waals surface area contributed by atoms with Crippen molar-refractivity contribution in [3.8, 4) is 0 Å². The van der Waals surface area contributed by atoms with Crippen molar-refractivity contribution in [3.63, 3.8) is 0 Å². The molecule has 8 heteroatoms. The molecule has 20 heavy (non-hydrogen) atoms. The molecule has 0 aromatic heterocycles. The number of carbonyl (C=O) groups excluding carboxylic acids is 2. The molecular weight excluding hydrogens is 264 g/mol. The average Bonchev–Trinajstić information content (AvgIpc) is 2.73. The average molecular weight is 286 g/mol. The van der Waals surface area contributed by atoms with Gasteiger partial charge in [-0.15, -0.1) is 0 Å². The molecule has 0 radical (unpaired) electrons. The lowest BCUT2D eigenvalue weighted by molar-refractivity contribution is -0.138. The summed E-state index contributed by atoms with van der Waals surface area (Å²) in [7, 11) is 3.83. The molecule has 3 N–H and O–H groups in total. The molecule has 0 spiro atoms. The predicted molar refractivity (Wildman–Crippen MR) is 72.1 cm³/mol. The molecule has 0 saturated carbocycles. The fourth-order valence-electron chi connectivity index (χ4n) is 2.42. The number of nitrogens with zero attached hydrogens (tertiary/aromatic N) is 3. The van der Waals surface area contributed by atoms with E-state index in [4.69, 9.17) is 10.8 Å². The lowest BCUT2D eigenvalue weighted by Crippen LogP contribution is -2.51. The van der Waals surface area contributed by atoms with Gasteiger partial charge in [-0.1, -0.05) is 0 Å². The van der Waals surface area contributed by atoms with Crippen molar-refractivity contribution < 1.29 is 19.5 Å². The summed E-state index contributed by atoms with van der Waals surface area (Å²) < 4.78 is 0. The van der Waals surface area contributed by atoms with Crippen molar-refractivity contribution >= 4 is 17.9 Å². The van der Waals surface area contributed by atoms with Gasteiger partial charge < -0.3 is 25.5 Å². The minimum atomic E-state index is -1.16. The zero-order valence-corrected chi connectivity index (χ0v) is 11.9. The highest BCUT2D eigenvalue weighted by atomic mass is 16.4. The van der Waals surface area contributed by atoms with Crippen molar-refractivity contribution in [2.24, 2.45) is 5.73 Å². The van der Waals surface area contributed by atoms with E-state index in [1.807, 2.05) is 19.0 Å². The van der Waals surface area contributed by atoms with Crippen LogP contribution in [0.2, 0.25) is 0 Å². The third-order valence-electron chi connectivity index (χ3n) is 3.14. The summed E-state index contributed by atoms with van der Waals surface area (Å²) in [6, 6.07) is -0.391. The van der Waals surface area contributed by atoms with Gasteiger partial charge in [0.2, 0.25) is 5.91 Å². The molecule has 0 aromatic carbocycles. The van der Waals surface area contributed by atoms with Gasteiger partial charge in [0, 0.05) is 19.1 Å². The summed E-state index contributed by atoms with van der Waals surface area (Å²) in [5.74, 6) is -1.88. The summed E-state index contributed by atoms with van der Waals surface area (Å²) in [6.45, 7) is 0.388. The first-order valence-electron chi connectivity index (χ1n) is 6.51. The van der Waals surface area contributed by atoms with E-state index in [9.17, 15) is 14.4 Å². The maximum Gasteiger partial charge on any atom is 0.323 e. The van der Waals surface area contributed by atoms with E-state index >= 15 is 0 Å². The molecule has 1 unspecified atom stereocenters. The smallest absolute Gasteiger partial charge is 0.323 e. The molecule has 1 heterocycles. The van der Waals surface area contributed by atoms with Crippen LogP contribution in [-0.4, -0.2) is 84.0 Å². The molecule has 0 bridgehead atoms. The Bertz CT molecular complexity index is 370. The lowest BCUT2D eigenvalue weighted by Gasteiger charge is -2.31. The number of rotatable bonds is 6. The van der Waals surface area contributed by atoms with Crippen molar-refractivity contribution in [2.45, 2.75) is 18.9 Å². The quantitative estimate of drug-likeness (QED) is 0.651. The fraction of sp³-hybridized carbons (Fsp3) is 0.750. The van der Waals surface area contributed by atoms with Crippen LogP contribution in [0.15, 0.2) is 0 Å². The van der Waals surface area contributed by atoms with E-state index in [0.29, 0.717) is 13.1 Å². The largest absolute Gasteiger partial charge is 0.480 e. The number of urea groups is 1. The standard InChI is InChI=1S/C12H22N4O4/c1-14(2)6-9-4-3-5-16(9)12(20)15(7-10(13)17)8-11(18)19/h9H,3-8H2,1-2H3,(H2,13,17)(H,18,19). The molecule has 1 saturated heterocycles. The summed E-state index contributed by atoms with van der Waals surface area (Å²) in [4.78, 5) is 38.7. The zero-order chi connectivity index (χ0) is 15.3. The highest BCUT2D eigenvalue weighted by Gasteiger charge is 2.33. The number of hydrogen-bond acceptors (Lipinski definition) is 4. The molecule has 1 rings (SSSR count). The second kappa shape index (κ2) is 7.09. The Morgan fingerprint density at radius 3 is 2.45 bits per heavy atom. The van der Waals surface area contributed by atoms with Crippen LogP contribution in [0.25, 0.3) is 0 Å². The van der Waals surface area contributed by atoms with E-state index in [1.165, 1.54) is 0 Å². The predicted octanol–water partition coefficient (Wildman–Crippen LogP) is -0.996. The number of carboxylic acid groups (broad SMARTS) is 1. The highest BCUT2D eigenvalue weighted by Crippen LogP contribution is 2.19. The van der Waals surface area contributed by atoms with E-state index in [0.717, 1.165) is 17.7 Å². The SMILES string of the molecule is CN(C)CC1CCCN1C(=O)N(CC(N)=O)CC(=O)O. The van der Waals surface area contributed by atoms with Crippen LogP contribution < -0.4 is 5.73 Å². The van der Waals surface area contributed by atoms with Gasteiger partial charge in [-0.2, -0.15) is 0 Å². The maximum atomic E-state index is 12.4. The van der Waals surface area contributed by atoms with Crippen LogP contribution in [0.5, 0.6) is 0 Å². The van der Waals surface area contributed by atoms with Crippen LogP contribution >= 0.6 is 0 Å².